The van der Waals surface area contributed by atoms with Crippen LogP contribution in [0.3, 0.4) is 0 Å². The number of likely N-dealkylation sites (tertiary alicyclic amines) is 1. The molecule has 0 bridgehead atoms. The van der Waals surface area contributed by atoms with Gasteiger partial charge in [-0.25, -0.2) is 9.97 Å². The summed E-state index contributed by atoms with van der Waals surface area (Å²) >= 11 is 3.31. The Balaban J connectivity index is 1.83. The number of hydrogen-bond acceptors (Lipinski definition) is 5. The highest BCUT2D eigenvalue weighted by Gasteiger charge is 2.28. The molecule has 2 atom stereocenters. The van der Waals surface area contributed by atoms with Gasteiger partial charge in [-0.1, -0.05) is 18.7 Å². The van der Waals surface area contributed by atoms with Crippen LogP contribution in [0.1, 0.15) is 50.7 Å². The van der Waals surface area contributed by atoms with Crippen molar-refractivity contribution in [3.63, 3.8) is 0 Å². The molecule has 1 amide bonds. The van der Waals surface area contributed by atoms with Crippen molar-refractivity contribution in [3.8, 4) is 0 Å². The van der Waals surface area contributed by atoms with Gasteiger partial charge >= 0.3 is 0 Å². The van der Waals surface area contributed by atoms with Gasteiger partial charge in [0.25, 0.3) is 0 Å². The molecule has 1 fully saturated rings. The maximum Gasteiger partial charge on any atom is 0.236 e. The van der Waals surface area contributed by atoms with E-state index >= 15 is 0 Å². The molecule has 0 spiro atoms. The zero-order chi connectivity index (χ0) is 17.3. The van der Waals surface area contributed by atoms with Crippen molar-refractivity contribution in [2.45, 2.75) is 69.7 Å². The van der Waals surface area contributed by atoms with Crippen LogP contribution in [0, 0.1) is 6.92 Å². The Bertz CT molecular complexity index is 743. The molecule has 0 aromatic carbocycles. The highest BCUT2D eigenvalue weighted by Crippen LogP contribution is 2.34. The standard InChI is InChI=1S/C18H25N3OS2/c1-5-14-10-15-16(19-13(4)20-17(15)24-14)23-12(3)18(22)21-9-7-6-8-11(21)2/h10-12H,5-9H2,1-4H3. The Morgan fingerprint density at radius 3 is 2.96 bits per heavy atom. The van der Waals surface area contributed by atoms with Gasteiger partial charge in [0.05, 0.1) is 5.25 Å². The van der Waals surface area contributed by atoms with E-state index in [4.69, 9.17) is 0 Å². The number of thiophene rings is 1. The van der Waals surface area contributed by atoms with Gasteiger partial charge in [-0.15, -0.1) is 11.3 Å². The number of aromatic nitrogens is 2. The first-order valence-electron chi connectivity index (χ1n) is 8.73. The van der Waals surface area contributed by atoms with Gasteiger partial charge in [-0.05, 0) is 52.5 Å². The molecule has 0 saturated carbocycles. The quantitative estimate of drug-likeness (QED) is 0.595. The molecule has 1 aliphatic rings. The Morgan fingerprint density at radius 1 is 1.46 bits per heavy atom. The minimum absolute atomic E-state index is 0.118. The van der Waals surface area contributed by atoms with Crippen LogP contribution in [-0.2, 0) is 11.2 Å². The number of nitrogens with zero attached hydrogens (tertiary/aromatic N) is 3. The van der Waals surface area contributed by atoms with Gasteiger partial charge in [0, 0.05) is 22.8 Å². The van der Waals surface area contributed by atoms with Gasteiger partial charge in [-0.3, -0.25) is 4.79 Å². The van der Waals surface area contributed by atoms with Crippen molar-refractivity contribution < 1.29 is 4.79 Å². The van der Waals surface area contributed by atoms with E-state index in [0.29, 0.717) is 6.04 Å². The van der Waals surface area contributed by atoms with Crippen LogP contribution in [0.5, 0.6) is 0 Å². The lowest BCUT2D eigenvalue weighted by Gasteiger charge is -2.35. The second kappa shape index (κ2) is 7.40. The molecule has 24 heavy (non-hydrogen) atoms. The lowest BCUT2D eigenvalue weighted by atomic mass is 10.0. The lowest BCUT2D eigenvalue weighted by Crippen LogP contribution is -2.45. The van der Waals surface area contributed by atoms with Crippen LogP contribution in [0.25, 0.3) is 10.2 Å². The molecule has 130 valence electrons. The molecule has 1 aliphatic heterocycles. The fourth-order valence-electron chi connectivity index (χ4n) is 3.19. The van der Waals surface area contributed by atoms with E-state index < -0.39 is 0 Å². The first-order valence-corrected chi connectivity index (χ1v) is 10.4. The van der Waals surface area contributed by atoms with E-state index in [-0.39, 0.29) is 11.2 Å². The average Bonchev–Trinajstić information content (AvgIpc) is 2.97. The van der Waals surface area contributed by atoms with Gasteiger partial charge in [-0.2, -0.15) is 0 Å². The molecule has 1 saturated heterocycles. The SMILES string of the molecule is CCc1cc2c(SC(C)C(=O)N3CCCCC3C)nc(C)nc2s1. The first kappa shape index (κ1) is 17.7. The summed E-state index contributed by atoms with van der Waals surface area (Å²) < 4.78 is 0. The summed E-state index contributed by atoms with van der Waals surface area (Å²) in [6.45, 7) is 9.13. The van der Waals surface area contributed by atoms with E-state index in [1.54, 1.807) is 23.1 Å². The summed E-state index contributed by atoms with van der Waals surface area (Å²) in [5.74, 6) is 1.02. The highest BCUT2D eigenvalue weighted by atomic mass is 32.2. The molecule has 0 radical (unpaired) electrons. The first-order chi connectivity index (χ1) is 11.5. The number of aryl methyl sites for hydroxylation is 2. The molecule has 2 unspecified atom stereocenters. The number of hydrogen-bond donors (Lipinski definition) is 0. The number of carbonyl (C=O) groups is 1. The Kier molecular flexibility index (Phi) is 5.45. The van der Waals surface area contributed by atoms with Crippen molar-refractivity contribution in [2.24, 2.45) is 0 Å². The van der Waals surface area contributed by atoms with E-state index in [1.807, 2.05) is 13.8 Å². The third-order valence-corrected chi connectivity index (χ3v) is 6.85. The maximum atomic E-state index is 12.9. The van der Waals surface area contributed by atoms with Crippen molar-refractivity contribution in [2.75, 3.05) is 6.54 Å². The van der Waals surface area contributed by atoms with Gasteiger partial charge in [0.15, 0.2) is 0 Å². The summed E-state index contributed by atoms with van der Waals surface area (Å²) in [4.78, 5) is 26.4. The van der Waals surface area contributed by atoms with Crippen LogP contribution < -0.4 is 0 Å². The number of amides is 1. The van der Waals surface area contributed by atoms with Crippen LogP contribution in [0.4, 0.5) is 0 Å². The highest BCUT2D eigenvalue weighted by molar-refractivity contribution is 8.00. The second-order valence-electron chi connectivity index (χ2n) is 6.50. The van der Waals surface area contributed by atoms with Gasteiger partial charge in [0.2, 0.25) is 5.91 Å². The molecular formula is C18H25N3OS2. The molecule has 2 aromatic rings. The number of piperidine rings is 1. The van der Waals surface area contributed by atoms with Crippen molar-refractivity contribution in [1.29, 1.82) is 0 Å². The lowest BCUT2D eigenvalue weighted by molar-refractivity contribution is -0.133. The van der Waals surface area contributed by atoms with Crippen LogP contribution in [-0.4, -0.2) is 38.6 Å². The smallest absolute Gasteiger partial charge is 0.236 e. The third-order valence-electron chi connectivity index (χ3n) is 4.59. The van der Waals surface area contributed by atoms with Gasteiger partial charge < -0.3 is 4.90 Å². The van der Waals surface area contributed by atoms with Crippen molar-refractivity contribution in [3.05, 3.63) is 16.8 Å². The summed E-state index contributed by atoms with van der Waals surface area (Å²) in [6, 6.07) is 2.54. The minimum Gasteiger partial charge on any atom is -0.339 e. The van der Waals surface area contributed by atoms with E-state index in [0.717, 1.165) is 46.9 Å². The van der Waals surface area contributed by atoms with Crippen LogP contribution in [0.2, 0.25) is 0 Å². The second-order valence-corrected chi connectivity index (χ2v) is 8.94. The third kappa shape index (κ3) is 3.59. The molecule has 6 heteroatoms. The fourth-order valence-corrected chi connectivity index (χ4v) is 5.30. The predicted octanol–water partition coefficient (Wildman–Crippen LogP) is 4.44. The summed E-state index contributed by atoms with van der Waals surface area (Å²) in [5, 5.41) is 1.92. The summed E-state index contributed by atoms with van der Waals surface area (Å²) in [5.41, 5.74) is 0. The number of carbonyl (C=O) groups excluding carboxylic acids is 1. The van der Waals surface area contributed by atoms with Crippen molar-refractivity contribution >= 4 is 39.2 Å². The monoisotopic (exact) mass is 363 g/mol. The topological polar surface area (TPSA) is 46.1 Å². The molecule has 3 heterocycles. The molecule has 2 aromatic heterocycles. The van der Waals surface area contributed by atoms with Crippen LogP contribution >= 0.6 is 23.1 Å². The largest absolute Gasteiger partial charge is 0.339 e. The zero-order valence-electron chi connectivity index (χ0n) is 14.8. The van der Waals surface area contributed by atoms with E-state index in [1.165, 1.54) is 11.3 Å². The predicted molar refractivity (Wildman–Crippen MR) is 102 cm³/mol. The summed E-state index contributed by atoms with van der Waals surface area (Å²) in [7, 11) is 0. The fraction of sp³-hybridized carbons (Fsp3) is 0.611. The molecule has 0 aliphatic carbocycles. The number of thioether (sulfide) groups is 1. The van der Waals surface area contributed by atoms with E-state index in [9.17, 15) is 4.79 Å². The van der Waals surface area contributed by atoms with Crippen LogP contribution in [0.15, 0.2) is 11.1 Å². The Morgan fingerprint density at radius 2 is 2.25 bits per heavy atom. The van der Waals surface area contributed by atoms with Crippen molar-refractivity contribution in [1.82, 2.24) is 14.9 Å². The minimum atomic E-state index is -0.118. The van der Waals surface area contributed by atoms with Gasteiger partial charge in [0.1, 0.15) is 15.7 Å². The number of rotatable bonds is 4. The molecule has 3 rings (SSSR count). The average molecular weight is 364 g/mol. The normalized spacial score (nSPS) is 19.7. The number of fused-ring (bicyclic) bond motifs is 1. The Labute approximate surface area is 152 Å². The maximum absolute atomic E-state index is 12.9. The molecule has 0 N–H and O–H groups in total. The zero-order valence-corrected chi connectivity index (χ0v) is 16.5. The summed E-state index contributed by atoms with van der Waals surface area (Å²) in [6.07, 6.45) is 4.47. The van der Waals surface area contributed by atoms with E-state index in [2.05, 4.69) is 34.8 Å². The molecule has 4 nitrogen and oxygen atoms in total. The Hall–Kier alpha value is -1.14. The molecular weight excluding hydrogens is 338 g/mol.